The number of nitrogens with one attached hydrogen (secondary N) is 1. The number of nitrogens with zero attached hydrogens (tertiary/aromatic N) is 1. The number of carboxylic acids is 1. The standard InChI is InChI=1S/C16H18N2O4/c1-2-4-12-9-5-3-6-10(9)14-13(18(21)22)8-7-11(16(19)20)15(14)17-12/h3,6-10,12,17H,2,4-5H2,1H3,(H,19,20)/p-1/t9-,10+,12+/m1/s1. The minimum absolute atomic E-state index is 0.000420. The molecule has 1 N–H and O–H groups in total. The fraction of sp³-hybridized carbons (Fsp3) is 0.438. The number of carboxylic acid groups (broad SMARTS) is 1. The number of fused-ring (bicyclic) bond motifs is 3. The number of hydrogen-bond acceptors (Lipinski definition) is 5. The number of nitro benzene ring substituents is 1. The average molecular weight is 301 g/mol. The van der Waals surface area contributed by atoms with Crippen LogP contribution in [0, 0.1) is 16.0 Å². The molecule has 1 aromatic rings. The van der Waals surface area contributed by atoms with Crippen LogP contribution in [0.4, 0.5) is 11.4 Å². The van der Waals surface area contributed by atoms with Gasteiger partial charge in [0.25, 0.3) is 5.69 Å². The Balaban J connectivity index is 2.20. The number of carbonyl (C=O) groups excluding carboxylic acids is 1. The van der Waals surface area contributed by atoms with Crippen LogP contribution in [0.3, 0.4) is 0 Å². The first kappa shape index (κ1) is 14.6. The van der Waals surface area contributed by atoms with Crippen LogP contribution in [0.1, 0.15) is 48.0 Å². The molecule has 22 heavy (non-hydrogen) atoms. The molecule has 0 spiro atoms. The Morgan fingerprint density at radius 1 is 1.45 bits per heavy atom. The minimum atomic E-state index is -1.31. The molecular formula is C16H17N2O4-. The van der Waals surface area contributed by atoms with Crippen LogP contribution < -0.4 is 10.4 Å². The van der Waals surface area contributed by atoms with Crippen LogP contribution in [0.5, 0.6) is 0 Å². The van der Waals surface area contributed by atoms with Crippen molar-refractivity contribution < 1.29 is 14.8 Å². The molecule has 0 radical (unpaired) electrons. The van der Waals surface area contributed by atoms with E-state index in [1.807, 2.05) is 12.2 Å². The van der Waals surface area contributed by atoms with Gasteiger partial charge in [-0.05, 0) is 24.8 Å². The molecule has 1 aromatic carbocycles. The third-order valence-electron chi connectivity index (χ3n) is 4.63. The Morgan fingerprint density at radius 2 is 2.23 bits per heavy atom. The third-order valence-corrected chi connectivity index (χ3v) is 4.63. The molecule has 0 saturated heterocycles. The molecule has 0 amide bonds. The van der Waals surface area contributed by atoms with E-state index in [0.717, 1.165) is 19.3 Å². The van der Waals surface area contributed by atoms with Gasteiger partial charge in [0.05, 0.1) is 22.1 Å². The smallest absolute Gasteiger partial charge is 0.275 e. The van der Waals surface area contributed by atoms with Crippen molar-refractivity contribution in [1.82, 2.24) is 0 Å². The zero-order chi connectivity index (χ0) is 15.9. The van der Waals surface area contributed by atoms with Crippen LogP contribution in [0.15, 0.2) is 24.3 Å². The number of nitro groups is 1. The Kier molecular flexibility index (Phi) is 3.60. The highest BCUT2D eigenvalue weighted by molar-refractivity contribution is 5.95. The molecule has 0 bridgehead atoms. The zero-order valence-electron chi connectivity index (χ0n) is 12.2. The molecule has 1 aliphatic heterocycles. The normalized spacial score (nSPS) is 25.2. The van der Waals surface area contributed by atoms with Crippen molar-refractivity contribution in [3.05, 3.63) is 45.5 Å². The highest BCUT2D eigenvalue weighted by atomic mass is 16.6. The largest absolute Gasteiger partial charge is 0.545 e. The summed E-state index contributed by atoms with van der Waals surface area (Å²) in [6.45, 7) is 2.07. The molecule has 2 aliphatic rings. The maximum absolute atomic E-state index is 11.4. The fourth-order valence-electron chi connectivity index (χ4n) is 3.72. The maximum Gasteiger partial charge on any atom is 0.275 e. The van der Waals surface area contributed by atoms with E-state index < -0.39 is 10.9 Å². The summed E-state index contributed by atoms with van der Waals surface area (Å²) in [5.74, 6) is -1.18. The molecule has 0 saturated carbocycles. The van der Waals surface area contributed by atoms with Crippen LogP contribution in [0.2, 0.25) is 0 Å². The van der Waals surface area contributed by atoms with Gasteiger partial charge in [-0.15, -0.1) is 0 Å². The lowest BCUT2D eigenvalue weighted by molar-refractivity contribution is -0.385. The topological polar surface area (TPSA) is 95.3 Å². The lowest BCUT2D eigenvalue weighted by Crippen LogP contribution is -2.38. The second-order valence-corrected chi connectivity index (χ2v) is 5.86. The molecule has 116 valence electrons. The Hall–Kier alpha value is -2.37. The number of rotatable bonds is 4. The van der Waals surface area contributed by atoms with Gasteiger partial charge in [0.1, 0.15) is 0 Å². The Morgan fingerprint density at radius 3 is 2.86 bits per heavy atom. The second kappa shape index (κ2) is 5.44. The van der Waals surface area contributed by atoms with Crippen molar-refractivity contribution in [1.29, 1.82) is 0 Å². The maximum atomic E-state index is 11.4. The van der Waals surface area contributed by atoms with Gasteiger partial charge in [-0.3, -0.25) is 10.1 Å². The van der Waals surface area contributed by atoms with E-state index in [-0.39, 0.29) is 29.1 Å². The average Bonchev–Trinajstić information content (AvgIpc) is 2.95. The van der Waals surface area contributed by atoms with Gasteiger partial charge in [0, 0.05) is 23.6 Å². The van der Waals surface area contributed by atoms with E-state index in [1.165, 1.54) is 12.1 Å². The van der Waals surface area contributed by atoms with Gasteiger partial charge in [-0.1, -0.05) is 25.5 Å². The summed E-state index contributed by atoms with van der Waals surface area (Å²) in [7, 11) is 0. The Labute approximate surface area is 128 Å². The van der Waals surface area contributed by atoms with Crippen LogP contribution in [-0.2, 0) is 0 Å². The second-order valence-electron chi connectivity index (χ2n) is 5.86. The summed E-state index contributed by atoms with van der Waals surface area (Å²) in [4.78, 5) is 22.3. The predicted molar refractivity (Wildman–Crippen MR) is 79.7 cm³/mol. The van der Waals surface area contributed by atoms with E-state index in [1.54, 1.807) is 0 Å². The van der Waals surface area contributed by atoms with Crippen LogP contribution >= 0.6 is 0 Å². The molecule has 6 heteroatoms. The lowest BCUT2D eigenvalue weighted by atomic mass is 9.76. The Bertz CT molecular complexity index is 668. The van der Waals surface area contributed by atoms with Crippen molar-refractivity contribution >= 4 is 17.3 Å². The first-order valence-electron chi connectivity index (χ1n) is 7.50. The molecule has 0 unspecified atom stereocenters. The molecule has 3 rings (SSSR count). The molecule has 0 fully saturated rings. The van der Waals surface area contributed by atoms with E-state index in [2.05, 4.69) is 12.2 Å². The number of benzene rings is 1. The monoisotopic (exact) mass is 301 g/mol. The van der Waals surface area contributed by atoms with Gasteiger partial charge in [-0.25, -0.2) is 0 Å². The van der Waals surface area contributed by atoms with E-state index in [4.69, 9.17) is 0 Å². The lowest BCUT2D eigenvalue weighted by Gasteiger charge is -2.38. The summed E-state index contributed by atoms with van der Waals surface area (Å²) in [5, 5.41) is 26.0. The van der Waals surface area contributed by atoms with Gasteiger partial charge >= 0.3 is 0 Å². The number of hydrogen-bond donors (Lipinski definition) is 1. The van der Waals surface area contributed by atoms with E-state index in [0.29, 0.717) is 11.3 Å². The predicted octanol–water partition coefficient (Wildman–Crippen LogP) is 2.21. The number of carbonyl (C=O) groups is 1. The van der Waals surface area contributed by atoms with Crippen molar-refractivity contribution in [2.24, 2.45) is 5.92 Å². The summed E-state index contributed by atoms with van der Waals surface area (Å²) < 4.78 is 0. The van der Waals surface area contributed by atoms with Gasteiger partial charge in [0.2, 0.25) is 0 Å². The quantitative estimate of drug-likeness (QED) is 0.522. The van der Waals surface area contributed by atoms with Gasteiger partial charge in [-0.2, -0.15) is 0 Å². The molecule has 3 atom stereocenters. The summed E-state index contributed by atoms with van der Waals surface area (Å²) in [5.41, 5.74) is 0.822. The third kappa shape index (κ3) is 2.15. The van der Waals surface area contributed by atoms with E-state index >= 15 is 0 Å². The van der Waals surface area contributed by atoms with Gasteiger partial charge < -0.3 is 15.2 Å². The highest BCUT2D eigenvalue weighted by Gasteiger charge is 2.41. The summed E-state index contributed by atoms with van der Waals surface area (Å²) >= 11 is 0. The van der Waals surface area contributed by atoms with Crippen LogP contribution in [-0.4, -0.2) is 16.9 Å². The summed E-state index contributed by atoms with van der Waals surface area (Å²) in [6, 6.07) is 2.66. The fourth-order valence-corrected chi connectivity index (χ4v) is 3.72. The molecule has 1 heterocycles. The van der Waals surface area contributed by atoms with Crippen molar-refractivity contribution in [3.8, 4) is 0 Å². The van der Waals surface area contributed by atoms with Crippen LogP contribution in [0.25, 0.3) is 0 Å². The first-order chi connectivity index (χ1) is 10.5. The molecular weight excluding hydrogens is 284 g/mol. The van der Waals surface area contributed by atoms with Crippen molar-refractivity contribution in [3.63, 3.8) is 0 Å². The number of anilines is 1. The first-order valence-corrected chi connectivity index (χ1v) is 7.50. The zero-order valence-corrected chi connectivity index (χ0v) is 12.2. The molecule has 6 nitrogen and oxygen atoms in total. The number of allylic oxidation sites excluding steroid dienone is 2. The molecule has 0 aromatic heterocycles. The number of aromatic carboxylic acids is 1. The van der Waals surface area contributed by atoms with Gasteiger partial charge in [0.15, 0.2) is 0 Å². The minimum Gasteiger partial charge on any atom is -0.545 e. The van der Waals surface area contributed by atoms with E-state index in [9.17, 15) is 20.0 Å². The molecule has 1 aliphatic carbocycles. The van der Waals surface area contributed by atoms with Crippen molar-refractivity contribution in [2.75, 3.05) is 5.32 Å². The summed E-state index contributed by atoms with van der Waals surface area (Å²) in [6.07, 6.45) is 6.72. The van der Waals surface area contributed by atoms with Crippen molar-refractivity contribution in [2.45, 2.75) is 38.1 Å². The SMILES string of the molecule is CCC[C@@H]1Nc2c(C(=O)[O-])ccc([N+](=O)[O-])c2[C@H]2C=CC[C@@H]12. The highest BCUT2D eigenvalue weighted by Crippen LogP contribution is 2.49.